The zero-order valence-electron chi connectivity index (χ0n) is 34.7. The average Bonchev–Trinajstić information content (AvgIpc) is 3.04. The van der Waals surface area contributed by atoms with Gasteiger partial charge in [-0.2, -0.15) is 0 Å². The van der Waals surface area contributed by atoms with Gasteiger partial charge in [-0.3, -0.25) is 38.7 Å². The molecule has 2 atom stereocenters. The fraction of sp³-hybridized carbons (Fsp3) is 0.595. The van der Waals surface area contributed by atoms with Gasteiger partial charge in [-0.05, 0) is 87.3 Å². The van der Waals surface area contributed by atoms with Gasteiger partial charge >= 0.3 is 29.8 Å². The van der Waals surface area contributed by atoms with E-state index >= 15 is 0 Å². The summed E-state index contributed by atoms with van der Waals surface area (Å²) in [5, 5.41) is 0. The molecule has 0 aliphatic carbocycles. The normalized spacial score (nSPS) is 13.3. The van der Waals surface area contributed by atoms with E-state index in [2.05, 4.69) is 0 Å². The minimum Gasteiger partial charge on any atom is -0.460 e. The molecule has 0 N–H and O–H groups in total. The number of hydrogen-bond acceptors (Lipinski definition) is 13. The van der Waals surface area contributed by atoms with Crippen molar-refractivity contribution >= 4 is 29.8 Å². The van der Waals surface area contributed by atoms with Gasteiger partial charge in [-0.25, -0.2) is 0 Å². The van der Waals surface area contributed by atoms with Crippen molar-refractivity contribution < 1.29 is 47.7 Å². The highest BCUT2D eigenvalue weighted by Gasteiger charge is 2.31. The number of benzene rings is 2. The number of nitrogens with zero attached hydrogens (tertiary/aromatic N) is 3. The van der Waals surface area contributed by atoms with E-state index in [1.807, 2.05) is 79.4 Å². The van der Waals surface area contributed by atoms with E-state index in [1.165, 1.54) is 0 Å². The van der Waals surface area contributed by atoms with E-state index in [9.17, 15) is 24.0 Å². The van der Waals surface area contributed by atoms with Crippen LogP contribution < -0.4 is 0 Å². The van der Waals surface area contributed by atoms with Gasteiger partial charge in [-0.15, -0.1) is 0 Å². The minimum absolute atomic E-state index is 0.0633. The Morgan fingerprint density at radius 2 is 0.764 bits per heavy atom. The summed E-state index contributed by atoms with van der Waals surface area (Å²) in [7, 11) is 0. The van der Waals surface area contributed by atoms with Gasteiger partial charge in [0.15, 0.2) is 0 Å². The Hall–Kier alpha value is -4.33. The number of rotatable bonds is 20. The molecule has 0 bridgehead atoms. The molecule has 0 saturated carbocycles. The second kappa shape index (κ2) is 21.7. The summed E-state index contributed by atoms with van der Waals surface area (Å²) < 4.78 is 28.0. The van der Waals surface area contributed by atoms with Crippen molar-refractivity contribution in [2.45, 2.75) is 118 Å². The van der Waals surface area contributed by atoms with E-state index in [1.54, 1.807) is 72.1 Å². The smallest absolute Gasteiger partial charge is 0.320 e. The average molecular weight is 770 g/mol. The molecule has 306 valence electrons. The standard InChI is InChI=1S/C42H63N3O10/c1-31(44(25-35(46)51-29-33-18-14-12-15-19-33)26-36(47)52-30-34-20-16-13-17-21-34)22-43(24-37(48)53-40(3,4)5)23-32(2)45(27-38(49)54-41(6,7)8)28-39(50)55-42(9,10)11/h12-21,31-32H,22-30H2,1-11H3/t31-,32-/m0/s1. The fourth-order valence-corrected chi connectivity index (χ4v) is 5.45. The van der Waals surface area contributed by atoms with E-state index in [-0.39, 0.29) is 59.0 Å². The van der Waals surface area contributed by atoms with E-state index in [4.69, 9.17) is 23.7 Å². The van der Waals surface area contributed by atoms with Crippen molar-refractivity contribution in [2.75, 3.05) is 45.8 Å². The topological polar surface area (TPSA) is 141 Å². The van der Waals surface area contributed by atoms with Gasteiger partial charge in [0.05, 0.1) is 32.7 Å². The zero-order valence-corrected chi connectivity index (χ0v) is 34.7. The molecule has 0 fully saturated rings. The first-order valence-corrected chi connectivity index (χ1v) is 18.7. The molecule has 13 nitrogen and oxygen atoms in total. The third-order valence-electron chi connectivity index (χ3n) is 7.72. The van der Waals surface area contributed by atoms with E-state index < -0.39 is 58.7 Å². The Kier molecular flexibility index (Phi) is 18.5. The van der Waals surface area contributed by atoms with Gasteiger partial charge in [0, 0.05) is 25.2 Å². The molecule has 0 radical (unpaired) electrons. The lowest BCUT2D eigenvalue weighted by atomic mass is 10.1. The molecular weight excluding hydrogens is 706 g/mol. The monoisotopic (exact) mass is 769 g/mol. The van der Waals surface area contributed by atoms with Crippen molar-refractivity contribution in [2.24, 2.45) is 0 Å². The zero-order chi connectivity index (χ0) is 41.4. The lowest BCUT2D eigenvalue weighted by Crippen LogP contribution is -2.53. The lowest BCUT2D eigenvalue weighted by Gasteiger charge is -2.36. The molecule has 0 spiro atoms. The Labute approximate surface area is 327 Å². The first-order chi connectivity index (χ1) is 25.5. The van der Waals surface area contributed by atoms with E-state index in [0.717, 1.165) is 11.1 Å². The fourth-order valence-electron chi connectivity index (χ4n) is 5.45. The molecule has 13 heteroatoms. The van der Waals surface area contributed by atoms with Crippen LogP contribution in [-0.2, 0) is 60.9 Å². The molecule has 2 aromatic rings. The van der Waals surface area contributed by atoms with E-state index in [0.29, 0.717) is 0 Å². The molecule has 0 aliphatic heterocycles. The third kappa shape index (κ3) is 21.4. The molecule has 2 aromatic carbocycles. The molecule has 0 saturated heterocycles. The summed E-state index contributed by atoms with van der Waals surface area (Å²) in [5.41, 5.74) is -0.611. The number of hydrogen-bond donors (Lipinski definition) is 0. The predicted octanol–water partition coefficient (Wildman–Crippen LogP) is 5.18. The number of carbonyl (C=O) groups is 5. The molecular formula is C42H63N3O10. The Morgan fingerprint density at radius 1 is 0.473 bits per heavy atom. The Morgan fingerprint density at radius 3 is 1.07 bits per heavy atom. The maximum atomic E-state index is 13.2. The van der Waals surface area contributed by atoms with Crippen LogP contribution in [0.4, 0.5) is 0 Å². The second-order valence-electron chi connectivity index (χ2n) is 16.8. The van der Waals surface area contributed by atoms with Crippen LogP contribution >= 0.6 is 0 Å². The van der Waals surface area contributed by atoms with Gasteiger partial charge < -0.3 is 23.7 Å². The molecule has 0 amide bonds. The number of esters is 5. The summed E-state index contributed by atoms with van der Waals surface area (Å²) >= 11 is 0. The number of ether oxygens (including phenoxy) is 5. The van der Waals surface area contributed by atoms with Crippen LogP contribution in [0.2, 0.25) is 0 Å². The van der Waals surface area contributed by atoms with Crippen molar-refractivity contribution in [3.8, 4) is 0 Å². The molecule has 0 unspecified atom stereocenters. The number of carbonyl (C=O) groups excluding carboxylic acids is 5. The quantitative estimate of drug-likeness (QED) is 0.129. The summed E-state index contributed by atoms with van der Waals surface area (Å²) in [6.45, 7) is 19.0. The van der Waals surface area contributed by atoms with Crippen molar-refractivity contribution in [1.29, 1.82) is 0 Å². The van der Waals surface area contributed by atoms with Crippen molar-refractivity contribution in [1.82, 2.24) is 14.7 Å². The highest BCUT2D eigenvalue weighted by Crippen LogP contribution is 2.15. The SMILES string of the molecule is C[C@@H](CN(CC(=O)OC(C)(C)C)C[C@H](C)N(CC(=O)OC(C)(C)C)CC(=O)OC(C)(C)C)N(CC(=O)OCc1ccccc1)CC(=O)OCc1ccccc1. The largest absolute Gasteiger partial charge is 0.460 e. The Bertz CT molecular complexity index is 1430. The molecule has 55 heavy (non-hydrogen) atoms. The van der Waals surface area contributed by atoms with Crippen LogP contribution in [0.1, 0.15) is 87.3 Å². The summed E-state index contributed by atoms with van der Waals surface area (Å²) in [6, 6.07) is 17.6. The van der Waals surface area contributed by atoms with Gasteiger partial charge in [0.1, 0.15) is 30.0 Å². The van der Waals surface area contributed by atoms with Crippen molar-refractivity contribution in [3.63, 3.8) is 0 Å². The summed E-state index contributed by atoms with van der Waals surface area (Å²) in [6.07, 6.45) is 0. The van der Waals surface area contributed by atoms with Crippen molar-refractivity contribution in [3.05, 3.63) is 71.8 Å². The third-order valence-corrected chi connectivity index (χ3v) is 7.72. The maximum absolute atomic E-state index is 13.2. The van der Waals surface area contributed by atoms with Crippen LogP contribution in [0.25, 0.3) is 0 Å². The maximum Gasteiger partial charge on any atom is 0.320 e. The first kappa shape index (κ1) is 46.8. The minimum atomic E-state index is -0.753. The van der Waals surface area contributed by atoms with Crippen LogP contribution in [0.5, 0.6) is 0 Å². The van der Waals surface area contributed by atoms with Crippen LogP contribution in [0, 0.1) is 0 Å². The second-order valence-corrected chi connectivity index (χ2v) is 16.8. The van der Waals surface area contributed by atoms with Gasteiger partial charge in [-0.1, -0.05) is 60.7 Å². The lowest BCUT2D eigenvalue weighted by molar-refractivity contribution is -0.162. The summed E-state index contributed by atoms with van der Waals surface area (Å²) in [5.74, 6) is -2.62. The predicted molar refractivity (Wildman–Crippen MR) is 209 cm³/mol. The highest BCUT2D eigenvalue weighted by molar-refractivity contribution is 5.76. The summed E-state index contributed by atoms with van der Waals surface area (Å²) in [4.78, 5) is 70.8. The highest BCUT2D eigenvalue weighted by atomic mass is 16.6. The van der Waals surface area contributed by atoms with Gasteiger partial charge in [0.2, 0.25) is 0 Å². The molecule has 0 aromatic heterocycles. The van der Waals surface area contributed by atoms with Crippen LogP contribution in [0.15, 0.2) is 60.7 Å². The van der Waals surface area contributed by atoms with Gasteiger partial charge in [0.25, 0.3) is 0 Å². The first-order valence-electron chi connectivity index (χ1n) is 18.7. The van der Waals surface area contributed by atoms with Crippen LogP contribution in [0.3, 0.4) is 0 Å². The molecule has 0 aliphatic rings. The molecule has 2 rings (SSSR count). The Balaban J connectivity index is 2.36. The van der Waals surface area contributed by atoms with Crippen LogP contribution in [-0.4, -0.2) is 119 Å². The molecule has 0 heterocycles.